The molecule has 0 saturated heterocycles. The predicted octanol–water partition coefficient (Wildman–Crippen LogP) is 3.92. The van der Waals surface area contributed by atoms with Crippen LogP contribution in [0.1, 0.15) is 17.5 Å². The summed E-state index contributed by atoms with van der Waals surface area (Å²) >= 11 is 1.29. The molecule has 0 saturated carbocycles. The number of rotatable bonds is 7. The van der Waals surface area contributed by atoms with Crippen LogP contribution in [0.15, 0.2) is 59.9 Å². The van der Waals surface area contributed by atoms with E-state index in [2.05, 4.69) is 11.1 Å². The lowest BCUT2D eigenvalue weighted by Crippen LogP contribution is -2.33. The molecule has 0 atom stereocenters. The third-order valence-corrected chi connectivity index (χ3v) is 5.59. The molecule has 0 radical (unpaired) electrons. The van der Waals surface area contributed by atoms with E-state index in [1.807, 2.05) is 62.4 Å². The molecule has 6 nitrogen and oxygen atoms in total. The number of nitrogen functional groups attached to an aromatic ring is 1. The molecule has 0 aliphatic heterocycles. The third-order valence-electron chi connectivity index (χ3n) is 4.64. The number of aromatic nitrogens is 2. The molecule has 1 amide bonds. The lowest BCUT2D eigenvalue weighted by molar-refractivity contribution is -0.116. The predicted molar refractivity (Wildman–Crippen MR) is 117 cm³/mol. The number of anilines is 1. The SMILES string of the molecule is Cc1ccc(N(CCC#N)C(=O)CSc2nc(-c3ccccc3)cn2N)cc1C. The van der Waals surface area contributed by atoms with E-state index in [0.29, 0.717) is 11.7 Å². The first-order valence-electron chi connectivity index (χ1n) is 9.27. The number of aryl methyl sites for hydroxylation is 2. The molecule has 0 aliphatic carbocycles. The highest BCUT2D eigenvalue weighted by atomic mass is 32.2. The number of carbonyl (C=O) groups excluding carboxylic acids is 1. The number of imidazole rings is 1. The first kappa shape index (κ1) is 20.5. The van der Waals surface area contributed by atoms with Gasteiger partial charge in [-0.1, -0.05) is 48.2 Å². The number of nitrogens with zero attached hydrogens (tertiary/aromatic N) is 4. The van der Waals surface area contributed by atoms with Crippen molar-refractivity contribution in [3.63, 3.8) is 0 Å². The fraction of sp³-hybridized carbons (Fsp3) is 0.227. The highest BCUT2D eigenvalue weighted by Gasteiger charge is 2.18. The maximum Gasteiger partial charge on any atom is 0.237 e. The van der Waals surface area contributed by atoms with Gasteiger partial charge in [0.15, 0.2) is 5.16 Å². The Bertz CT molecular complexity index is 1040. The number of hydrogen-bond donors (Lipinski definition) is 1. The number of carbonyl (C=O) groups is 1. The van der Waals surface area contributed by atoms with Crippen LogP contribution >= 0.6 is 11.8 Å². The van der Waals surface area contributed by atoms with E-state index in [0.717, 1.165) is 28.1 Å². The summed E-state index contributed by atoms with van der Waals surface area (Å²) in [6.07, 6.45) is 2.02. The van der Waals surface area contributed by atoms with E-state index in [4.69, 9.17) is 11.1 Å². The fourth-order valence-corrected chi connectivity index (χ4v) is 3.66. The van der Waals surface area contributed by atoms with Gasteiger partial charge < -0.3 is 10.7 Å². The van der Waals surface area contributed by atoms with Crippen molar-refractivity contribution in [2.24, 2.45) is 0 Å². The zero-order valence-electron chi connectivity index (χ0n) is 16.5. The zero-order chi connectivity index (χ0) is 20.8. The van der Waals surface area contributed by atoms with E-state index in [1.54, 1.807) is 11.1 Å². The van der Waals surface area contributed by atoms with Gasteiger partial charge in [0.2, 0.25) is 5.91 Å². The van der Waals surface area contributed by atoms with Crippen molar-refractivity contribution in [1.82, 2.24) is 9.66 Å². The summed E-state index contributed by atoms with van der Waals surface area (Å²) < 4.78 is 1.44. The van der Waals surface area contributed by atoms with E-state index in [1.165, 1.54) is 16.4 Å². The molecule has 0 bridgehead atoms. The lowest BCUT2D eigenvalue weighted by Gasteiger charge is -2.22. The molecule has 2 N–H and O–H groups in total. The van der Waals surface area contributed by atoms with Crippen molar-refractivity contribution >= 4 is 23.4 Å². The highest BCUT2D eigenvalue weighted by molar-refractivity contribution is 7.99. The Morgan fingerprint density at radius 2 is 1.97 bits per heavy atom. The molecule has 3 rings (SSSR count). The molecule has 3 aromatic rings. The number of benzene rings is 2. The van der Waals surface area contributed by atoms with Crippen LogP contribution in [0.3, 0.4) is 0 Å². The molecule has 2 aromatic carbocycles. The molecule has 1 heterocycles. The van der Waals surface area contributed by atoms with Crippen LogP contribution in [0, 0.1) is 25.2 Å². The van der Waals surface area contributed by atoms with Crippen LogP contribution in [-0.2, 0) is 4.79 Å². The minimum atomic E-state index is -0.0854. The standard InChI is InChI=1S/C22H23N5OS/c1-16-9-10-19(13-17(16)2)26(12-6-11-23)21(28)15-29-22-25-20(14-27(22)24)18-7-4-3-5-8-18/h3-5,7-10,13-14H,6,12,15,24H2,1-2H3. The lowest BCUT2D eigenvalue weighted by atomic mass is 10.1. The molecule has 1 aromatic heterocycles. The second-order valence-electron chi connectivity index (χ2n) is 6.69. The van der Waals surface area contributed by atoms with Gasteiger partial charge in [-0.25, -0.2) is 9.66 Å². The summed E-state index contributed by atoms with van der Waals surface area (Å²) in [7, 11) is 0. The highest BCUT2D eigenvalue weighted by Crippen LogP contribution is 2.25. The largest absolute Gasteiger partial charge is 0.337 e. The maximum absolute atomic E-state index is 12.9. The van der Waals surface area contributed by atoms with Crippen molar-refractivity contribution in [2.45, 2.75) is 25.4 Å². The summed E-state index contributed by atoms with van der Waals surface area (Å²) in [6.45, 7) is 4.39. The second kappa shape index (κ2) is 9.30. The molecule has 0 unspecified atom stereocenters. The van der Waals surface area contributed by atoms with Crippen molar-refractivity contribution in [3.8, 4) is 17.3 Å². The average molecular weight is 406 g/mol. The fourth-order valence-electron chi connectivity index (χ4n) is 2.89. The molecular weight excluding hydrogens is 382 g/mol. The number of nitriles is 1. The van der Waals surface area contributed by atoms with Crippen LogP contribution in [-0.4, -0.2) is 27.9 Å². The minimum absolute atomic E-state index is 0.0854. The number of thioether (sulfide) groups is 1. The molecule has 148 valence electrons. The van der Waals surface area contributed by atoms with E-state index < -0.39 is 0 Å². The zero-order valence-corrected chi connectivity index (χ0v) is 17.3. The van der Waals surface area contributed by atoms with Crippen molar-refractivity contribution in [2.75, 3.05) is 23.0 Å². The molecule has 0 aliphatic rings. The molecule has 0 spiro atoms. The average Bonchev–Trinajstić information content (AvgIpc) is 3.10. The Morgan fingerprint density at radius 3 is 2.66 bits per heavy atom. The summed E-state index contributed by atoms with van der Waals surface area (Å²) in [6, 6.07) is 17.8. The van der Waals surface area contributed by atoms with Gasteiger partial charge in [0.25, 0.3) is 0 Å². The van der Waals surface area contributed by atoms with Gasteiger partial charge >= 0.3 is 0 Å². The molecule has 7 heteroatoms. The van der Waals surface area contributed by atoms with Gasteiger partial charge in [-0.05, 0) is 37.1 Å². The van der Waals surface area contributed by atoms with Crippen LogP contribution in [0.2, 0.25) is 0 Å². The van der Waals surface area contributed by atoms with Gasteiger partial charge in [0.05, 0.1) is 30.1 Å². The van der Waals surface area contributed by atoms with Gasteiger partial charge in [-0.15, -0.1) is 0 Å². The third kappa shape index (κ3) is 4.98. The van der Waals surface area contributed by atoms with Crippen LogP contribution in [0.25, 0.3) is 11.3 Å². The maximum atomic E-state index is 12.9. The molecule has 0 fully saturated rings. The topological polar surface area (TPSA) is 87.9 Å². The van der Waals surface area contributed by atoms with E-state index >= 15 is 0 Å². The Kier molecular flexibility index (Phi) is 6.57. The minimum Gasteiger partial charge on any atom is -0.337 e. The molecule has 29 heavy (non-hydrogen) atoms. The summed E-state index contributed by atoms with van der Waals surface area (Å²) in [5.74, 6) is 6.13. The van der Waals surface area contributed by atoms with E-state index in [-0.39, 0.29) is 18.1 Å². The van der Waals surface area contributed by atoms with Crippen LogP contribution < -0.4 is 10.7 Å². The normalized spacial score (nSPS) is 10.5. The van der Waals surface area contributed by atoms with Gasteiger partial charge in [0, 0.05) is 17.8 Å². The van der Waals surface area contributed by atoms with Crippen molar-refractivity contribution in [3.05, 3.63) is 65.9 Å². The van der Waals surface area contributed by atoms with Gasteiger partial charge in [-0.3, -0.25) is 4.79 Å². The Balaban J connectivity index is 1.74. The summed E-state index contributed by atoms with van der Waals surface area (Å²) in [5, 5.41) is 9.54. The Hall–Kier alpha value is -3.24. The summed E-state index contributed by atoms with van der Waals surface area (Å²) in [4.78, 5) is 19.1. The van der Waals surface area contributed by atoms with Crippen molar-refractivity contribution < 1.29 is 4.79 Å². The number of nitrogens with two attached hydrogens (primary N) is 1. The Morgan fingerprint density at radius 1 is 1.21 bits per heavy atom. The van der Waals surface area contributed by atoms with Crippen LogP contribution in [0.5, 0.6) is 0 Å². The first-order valence-corrected chi connectivity index (χ1v) is 10.3. The number of amides is 1. The monoisotopic (exact) mass is 405 g/mol. The molecular formula is C22H23N5OS. The Labute approximate surface area is 174 Å². The van der Waals surface area contributed by atoms with Crippen LogP contribution in [0.4, 0.5) is 5.69 Å². The van der Waals surface area contributed by atoms with E-state index in [9.17, 15) is 4.79 Å². The summed E-state index contributed by atoms with van der Waals surface area (Å²) in [5.41, 5.74) is 4.80. The second-order valence-corrected chi connectivity index (χ2v) is 7.64. The quantitative estimate of drug-likeness (QED) is 0.475. The van der Waals surface area contributed by atoms with Gasteiger partial charge in [0.1, 0.15) is 0 Å². The van der Waals surface area contributed by atoms with Gasteiger partial charge in [-0.2, -0.15) is 5.26 Å². The first-order chi connectivity index (χ1) is 14.0. The number of hydrogen-bond acceptors (Lipinski definition) is 5. The van der Waals surface area contributed by atoms with Crippen molar-refractivity contribution in [1.29, 1.82) is 5.26 Å². The smallest absolute Gasteiger partial charge is 0.237 e.